The molecule has 0 aromatic heterocycles. The largest absolute Gasteiger partial charge is 0.435 e. The van der Waals surface area contributed by atoms with Crippen molar-refractivity contribution in [1.82, 2.24) is 4.90 Å². The number of benzene rings is 2. The third kappa shape index (κ3) is 4.11. The smallest absolute Gasteiger partial charge is 0.387 e. The lowest BCUT2D eigenvalue weighted by Gasteiger charge is -2.12. The summed E-state index contributed by atoms with van der Waals surface area (Å²) in [5, 5.41) is 5.48. The van der Waals surface area contributed by atoms with Crippen LogP contribution in [0.3, 0.4) is 0 Å². The van der Waals surface area contributed by atoms with E-state index in [4.69, 9.17) is 0 Å². The van der Waals surface area contributed by atoms with E-state index in [1.807, 2.05) is 0 Å². The fourth-order valence-corrected chi connectivity index (χ4v) is 2.58. The molecule has 1 aliphatic heterocycles. The zero-order valence-corrected chi connectivity index (χ0v) is 14.6. The molecular formula is C19H16F3N3O2. The van der Waals surface area contributed by atoms with Crippen molar-refractivity contribution in [1.29, 1.82) is 0 Å². The van der Waals surface area contributed by atoms with Gasteiger partial charge in [-0.05, 0) is 36.4 Å². The number of carbonyl (C=O) groups is 1. The molecule has 1 heterocycles. The normalized spacial score (nSPS) is 15.5. The van der Waals surface area contributed by atoms with Crippen molar-refractivity contribution in [2.75, 3.05) is 19.1 Å². The van der Waals surface area contributed by atoms with E-state index < -0.39 is 18.3 Å². The summed E-state index contributed by atoms with van der Waals surface area (Å²) in [5.74, 6) is -0.886. The topological polar surface area (TPSA) is 45.1 Å². The van der Waals surface area contributed by atoms with Crippen molar-refractivity contribution in [3.8, 4) is 5.75 Å². The standard InChI is InChI=1S/C19H16F3N3O2/c1-24(2)11-16-17(12-4-3-5-15(10-12)27-19(21)22)23-25(18(16)26)14-8-6-13(20)7-9-14/h3-11,19H,1-2H3/b16-11+. The first-order valence-corrected chi connectivity index (χ1v) is 7.97. The van der Waals surface area contributed by atoms with Gasteiger partial charge in [0.15, 0.2) is 0 Å². The highest BCUT2D eigenvalue weighted by Gasteiger charge is 2.32. The molecule has 2 aromatic carbocycles. The molecule has 1 amide bonds. The molecule has 0 aliphatic carbocycles. The molecule has 0 fully saturated rings. The minimum Gasteiger partial charge on any atom is -0.435 e. The van der Waals surface area contributed by atoms with Crippen LogP contribution in [0.1, 0.15) is 5.56 Å². The Kier molecular flexibility index (Phi) is 5.16. The summed E-state index contributed by atoms with van der Waals surface area (Å²) in [6.45, 7) is -2.96. The number of amides is 1. The molecular weight excluding hydrogens is 359 g/mol. The molecule has 2 aromatic rings. The van der Waals surface area contributed by atoms with Crippen molar-refractivity contribution < 1.29 is 22.7 Å². The number of alkyl halides is 2. The highest BCUT2D eigenvalue weighted by atomic mass is 19.3. The predicted octanol–water partition coefficient (Wildman–Crippen LogP) is 3.62. The molecule has 8 heteroatoms. The van der Waals surface area contributed by atoms with E-state index in [1.54, 1.807) is 31.3 Å². The summed E-state index contributed by atoms with van der Waals surface area (Å²) in [6, 6.07) is 11.3. The van der Waals surface area contributed by atoms with Crippen LogP contribution in [0.15, 0.2) is 65.4 Å². The Morgan fingerprint density at radius 1 is 1.15 bits per heavy atom. The van der Waals surface area contributed by atoms with Gasteiger partial charge < -0.3 is 9.64 Å². The maximum Gasteiger partial charge on any atom is 0.387 e. The second-order valence-corrected chi connectivity index (χ2v) is 5.95. The monoisotopic (exact) mass is 375 g/mol. The lowest BCUT2D eigenvalue weighted by atomic mass is 10.0. The average molecular weight is 375 g/mol. The molecule has 0 unspecified atom stereocenters. The van der Waals surface area contributed by atoms with Crippen LogP contribution in [0.2, 0.25) is 0 Å². The zero-order chi connectivity index (χ0) is 19.6. The molecule has 0 bridgehead atoms. The SMILES string of the molecule is CN(C)/C=C1/C(=O)N(c2ccc(F)cc2)N=C1c1cccc(OC(F)F)c1. The fraction of sp³-hybridized carbons (Fsp3) is 0.158. The van der Waals surface area contributed by atoms with Gasteiger partial charge in [-0.15, -0.1) is 0 Å². The van der Waals surface area contributed by atoms with Crippen LogP contribution < -0.4 is 9.75 Å². The number of hydrogen-bond acceptors (Lipinski definition) is 4. The van der Waals surface area contributed by atoms with Crippen molar-refractivity contribution in [2.24, 2.45) is 5.10 Å². The third-order valence-electron chi connectivity index (χ3n) is 3.67. The quantitative estimate of drug-likeness (QED) is 0.750. The van der Waals surface area contributed by atoms with Gasteiger partial charge in [0, 0.05) is 25.9 Å². The van der Waals surface area contributed by atoms with E-state index in [2.05, 4.69) is 9.84 Å². The van der Waals surface area contributed by atoms with Gasteiger partial charge in [-0.2, -0.15) is 18.9 Å². The molecule has 1 aliphatic rings. The first-order chi connectivity index (χ1) is 12.8. The molecule has 0 saturated heterocycles. The van der Waals surface area contributed by atoms with Crippen LogP contribution >= 0.6 is 0 Å². The van der Waals surface area contributed by atoms with Crippen LogP contribution in [0.4, 0.5) is 18.9 Å². The summed E-state index contributed by atoms with van der Waals surface area (Å²) in [5.41, 5.74) is 1.41. The van der Waals surface area contributed by atoms with Crippen molar-refractivity contribution >= 4 is 17.3 Å². The van der Waals surface area contributed by atoms with E-state index in [1.165, 1.54) is 42.5 Å². The third-order valence-corrected chi connectivity index (χ3v) is 3.67. The van der Waals surface area contributed by atoms with Gasteiger partial charge in [-0.25, -0.2) is 4.39 Å². The van der Waals surface area contributed by atoms with Gasteiger partial charge in [0.05, 0.1) is 11.3 Å². The van der Waals surface area contributed by atoms with Crippen LogP contribution in [0.25, 0.3) is 0 Å². The summed E-state index contributed by atoms with van der Waals surface area (Å²) in [7, 11) is 3.49. The molecule has 27 heavy (non-hydrogen) atoms. The number of nitrogens with zero attached hydrogens (tertiary/aromatic N) is 3. The molecule has 3 rings (SSSR count). The Labute approximate surface area is 154 Å². The number of hydrogen-bond donors (Lipinski definition) is 0. The Balaban J connectivity index is 2.05. The predicted molar refractivity (Wildman–Crippen MR) is 95.3 cm³/mol. The van der Waals surface area contributed by atoms with Crippen LogP contribution in [0, 0.1) is 5.82 Å². The second kappa shape index (κ2) is 7.53. The first kappa shape index (κ1) is 18.5. The Bertz CT molecular complexity index is 909. The fourth-order valence-electron chi connectivity index (χ4n) is 2.58. The number of hydrazone groups is 1. The summed E-state index contributed by atoms with van der Waals surface area (Å²) in [4.78, 5) is 14.5. The summed E-state index contributed by atoms with van der Waals surface area (Å²) < 4.78 is 42.6. The van der Waals surface area contributed by atoms with Gasteiger partial charge in [0.2, 0.25) is 0 Å². The molecule has 5 nitrogen and oxygen atoms in total. The minimum absolute atomic E-state index is 0.0397. The number of carbonyl (C=O) groups excluding carboxylic acids is 1. The van der Waals surface area contributed by atoms with E-state index in [9.17, 15) is 18.0 Å². The molecule has 0 radical (unpaired) electrons. The van der Waals surface area contributed by atoms with Crippen LogP contribution in [0.5, 0.6) is 5.75 Å². The Hall–Kier alpha value is -3.29. The highest BCUT2D eigenvalue weighted by molar-refractivity contribution is 6.35. The average Bonchev–Trinajstić information content (AvgIpc) is 2.92. The van der Waals surface area contributed by atoms with Crippen LogP contribution in [-0.2, 0) is 4.79 Å². The van der Waals surface area contributed by atoms with Crippen molar-refractivity contribution in [2.45, 2.75) is 6.61 Å². The van der Waals surface area contributed by atoms with E-state index in [0.29, 0.717) is 17.0 Å². The number of rotatable bonds is 5. The van der Waals surface area contributed by atoms with Crippen molar-refractivity contribution in [3.63, 3.8) is 0 Å². The molecule has 140 valence electrons. The molecule has 0 atom stereocenters. The summed E-state index contributed by atoms with van der Waals surface area (Å²) >= 11 is 0. The highest BCUT2D eigenvalue weighted by Crippen LogP contribution is 2.28. The zero-order valence-electron chi connectivity index (χ0n) is 14.6. The molecule has 0 spiro atoms. The van der Waals surface area contributed by atoms with E-state index >= 15 is 0 Å². The van der Waals surface area contributed by atoms with Crippen LogP contribution in [-0.4, -0.2) is 37.2 Å². The summed E-state index contributed by atoms with van der Waals surface area (Å²) in [6.07, 6.45) is 1.59. The maximum absolute atomic E-state index is 13.2. The number of halogens is 3. The van der Waals surface area contributed by atoms with E-state index in [-0.39, 0.29) is 11.3 Å². The minimum atomic E-state index is -2.96. The molecule has 0 saturated carbocycles. The Morgan fingerprint density at radius 2 is 1.85 bits per heavy atom. The van der Waals surface area contributed by atoms with Crippen molar-refractivity contribution in [3.05, 3.63) is 71.7 Å². The lowest BCUT2D eigenvalue weighted by molar-refractivity contribution is -0.114. The van der Waals surface area contributed by atoms with Gasteiger partial charge in [0.1, 0.15) is 17.3 Å². The lowest BCUT2D eigenvalue weighted by Crippen LogP contribution is -2.22. The van der Waals surface area contributed by atoms with Gasteiger partial charge in [-0.3, -0.25) is 4.79 Å². The van der Waals surface area contributed by atoms with E-state index in [0.717, 1.165) is 5.01 Å². The second-order valence-electron chi connectivity index (χ2n) is 5.95. The first-order valence-electron chi connectivity index (χ1n) is 7.97. The Morgan fingerprint density at radius 3 is 2.48 bits per heavy atom. The van der Waals surface area contributed by atoms with Gasteiger partial charge in [0.25, 0.3) is 5.91 Å². The van der Waals surface area contributed by atoms with Gasteiger partial charge >= 0.3 is 6.61 Å². The number of anilines is 1. The maximum atomic E-state index is 13.2. The number of ether oxygens (including phenoxy) is 1. The van der Waals surface area contributed by atoms with Gasteiger partial charge in [-0.1, -0.05) is 12.1 Å². The molecule has 0 N–H and O–H groups in total.